The van der Waals surface area contributed by atoms with Crippen LogP contribution in [0.1, 0.15) is 0 Å². The zero-order valence-corrected chi connectivity index (χ0v) is 59.6. The van der Waals surface area contributed by atoms with Crippen LogP contribution in [0.4, 0.5) is 0 Å². The van der Waals surface area contributed by atoms with Crippen LogP contribution in [0.15, 0.2) is 397 Å². The highest BCUT2D eigenvalue weighted by molar-refractivity contribution is 6.29. The van der Waals surface area contributed by atoms with E-state index in [4.69, 9.17) is 8.83 Å². The van der Waals surface area contributed by atoms with Gasteiger partial charge in [0.2, 0.25) is 0 Å². The normalized spacial score (nSPS) is 12.0. The minimum Gasteiger partial charge on any atom is -0.456 e. The Hall–Kier alpha value is -14.7. The summed E-state index contributed by atoms with van der Waals surface area (Å²) in [5.74, 6) is 0. The fourth-order valence-corrected chi connectivity index (χ4v) is 18.1. The van der Waals surface area contributed by atoms with Gasteiger partial charge in [-0.05, 0) is 189 Å². The van der Waals surface area contributed by atoms with Crippen molar-refractivity contribution in [2.45, 2.75) is 0 Å². The fourth-order valence-electron chi connectivity index (χ4n) is 18.1. The molecule has 0 aliphatic rings. The van der Waals surface area contributed by atoms with Crippen LogP contribution in [0.25, 0.3) is 220 Å². The highest BCUT2D eigenvalue weighted by Crippen LogP contribution is 2.47. The maximum Gasteiger partial charge on any atom is 0.145 e. The molecule has 0 spiro atoms. The van der Waals surface area contributed by atoms with E-state index in [2.05, 4.69) is 394 Å². The molecule has 6 heteroatoms. The predicted molar refractivity (Wildman–Crippen MR) is 462 cm³/mol. The monoisotopic (exact) mass is 1400 g/mol. The topological polar surface area (TPSA) is 46.0 Å². The summed E-state index contributed by atoms with van der Waals surface area (Å²) in [6.45, 7) is 0. The van der Waals surface area contributed by atoms with E-state index in [1.54, 1.807) is 0 Å². The minimum atomic E-state index is 0.904. The van der Waals surface area contributed by atoms with Crippen LogP contribution in [0.3, 0.4) is 0 Å². The van der Waals surface area contributed by atoms with E-state index in [1.165, 1.54) is 143 Å². The Morgan fingerprint density at radius 3 is 1.06 bits per heavy atom. The molecule has 24 rings (SSSR count). The first-order chi connectivity index (χ1) is 54.6. The van der Waals surface area contributed by atoms with Crippen LogP contribution in [-0.4, -0.2) is 18.3 Å². The first-order valence-electron chi connectivity index (χ1n) is 37.7. The van der Waals surface area contributed by atoms with Gasteiger partial charge in [0.15, 0.2) is 0 Å². The van der Waals surface area contributed by atoms with Crippen molar-refractivity contribution in [3.05, 3.63) is 388 Å². The quantitative estimate of drug-likeness (QED) is 0.152. The Morgan fingerprint density at radius 2 is 0.527 bits per heavy atom. The third-order valence-corrected chi connectivity index (χ3v) is 23.0. The third-order valence-electron chi connectivity index (χ3n) is 23.0. The Bertz CT molecular complexity index is 7900. The zero-order valence-electron chi connectivity index (χ0n) is 59.6. The van der Waals surface area contributed by atoms with Gasteiger partial charge in [-0.3, -0.25) is 0 Å². The number of benzene rings is 18. The van der Waals surface area contributed by atoms with Crippen LogP contribution >= 0.6 is 0 Å². The Labute approximate surface area is 631 Å². The molecule has 24 aromatic rings. The van der Waals surface area contributed by atoms with Crippen molar-refractivity contribution in [3.63, 3.8) is 0 Å². The Kier molecular flexibility index (Phi) is 13.7. The van der Waals surface area contributed by atoms with E-state index in [0.29, 0.717) is 0 Å². The van der Waals surface area contributed by atoms with Crippen molar-refractivity contribution < 1.29 is 8.83 Å². The first-order valence-corrected chi connectivity index (χ1v) is 37.7. The van der Waals surface area contributed by atoms with E-state index >= 15 is 0 Å². The molecular formula is C104H64N4O2. The summed E-state index contributed by atoms with van der Waals surface area (Å²) in [7, 11) is 0. The SMILES string of the molecule is c1ccc(-c2cccc(-n3c4ccccc4c4cc(-c5ccc6c(c5)c5c7c(ccc5n6-c5cccc6ccccc56)oc5ccccc57)ccc43)c2)cc1.c1ccc(-c2cccc(-n3c4ccccc4c4cc(-c5ccc6c(c5)c5c7oc8ccccc8c7ccc5n6-c5cccc6ccccc56)ccc43)c2)cc1. The van der Waals surface area contributed by atoms with Gasteiger partial charge in [0.05, 0.1) is 60.9 Å². The van der Waals surface area contributed by atoms with Crippen molar-refractivity contribution in [3.8, 4) is 67.3 Å². The molecule has 6 nitrogen and oxygen atoms in total. The molecule has 0 aliphatic carbocycles. The summed E-state index contributed by atoms with van der Waals surface area (Å²) in [6, 6.07) is 140. The zero-order chi connectivity index (χ0) is 72.1. The fraction of sp³-hybridized carbons (Fsp3) is 0. The largest absolute Gasteiger partial charge is 0.456 e. The van der Waals surface area contributed by atoms with E-state index in [-0.39, 0.29) is 0 Å². The maximum absolute atomic E-state index is 6.73. The molecule has 512 valence electrons. The van der Waals surface area contributed by atoms with Gasteiger partial charge < -0.3 is 27.1 Å². The van der Waals surface area contributed by atoms with E-state index in [1.807, 2.05) is 12.1 Å². The molecule has 18 aromatic carbocycles. The average Bonchev–Trinajstić information content (AvgIpc) is 1.56. The molecule has 0 aliphatic heterocycles. The molecule has 0 atom stereocenters. The number of furan rings is 2. The highest BCUT2D eigenvalue weighted by Gasteiger charge is 2.25. The highest BCUT2D eigenvalue weighted by atomic mass is 16.3. The molecule has 0 radical (unpaired) electrons. The predicted octanol–water partition coefficient (Wildman–Crippen LogP) is 28.5. The maximum atomic E-state index is 6.73. The number of para-hydroxylation sites is 4. The van der Waals surface area contributed by atoms with Crippen molar-refractivity contribution in [2.24, 2.45) is 0 Å². The van der Waals surface area contributed by atoms with Gasteiger partial charge in [-0.15, -0.1) is 0 Å². The minimum absolute atomic E-state index is 0.904. The smallest absolute Gasteiger partial charge is 0.145 e. The summed E-state index contributed by atoms with van der Waals surface area (Å²) >= 11 is 0. The number of fused-ring (bicyclic) bond motifs is 22. The summed E-state index contributed by atoms with van der Waals surface area (Å²) in [5, 5.41) is 19.1. The number of hydrogen-bond acceptors (Lipinski definition) is 2. The first kappa shape index (κ1) is 61.6. The molecule has 0 unspecified atom stereocenters. The van der Waals surface area contributed by atoms with Crippen molar-refractivity contribution >= 4 is 153 Å². The van der Waals surface area contributed by atoms with Crippen LogP contribution in [0.2, 0.25) is 0 Å². The number of nitrogens with zero attached hydrogens (tertiary/aromatic N) is 4. The molecule has 0 fully saturated rings. The molecule has 0 N–H and O–H groups in total. The van der Waals surface area contributed by atoms with Crippen LogP contribution in [-0.2, 0) is 0 Å². The number of rotatable bonds is 8. The summed E-state index contributed by atoms with van der Waals surface area (Å²) in [4.78, 5) is 0. The van der Waals surface area contributed by atoms with Crippen LogP contribution < -0.4 is 0 Å². The lowest BCUT2D eigenvalue weighted by atomic mass is 9.99. The molecule has 0 saturated carbocycles. The third kappa shape index (κ3) is 9.49. The lowest BCUT2D eigenvalue weighted by molar-refractivity contribution is 0.669. The van der Waals surface area contributed by atoms with Gasteiger partial charge in [0.25, 0.3) is 0 Å². The van der Waals surface area contributed by atoms with Gasteiger partial charge in [0.1, 0.15) is 22.3 Å². The second-order valence-electron chi connectivity index (χ2n) is 29.0. The molecule has 0 saturated heterocycles. The molecular weight excluding hydrogens is 1340 g/mol. The second kappa shape index (κ2) is 24.4. The molecule has 0 bridgehead atoms. The van der Waals surface area contributed by atoms with E-state index in [9.17, 15) is 0 Å². The van der Waals surface area contributed by atoms with Crippen LogP contribution in [0.5, 0.6) is 0 Å². The Morgan fingerprint density at radius 1 is 0.164 bits per heavy atom. The molecule has 6 aromatic heterocycles. The van der Waals surface area contributed by atoms with E-state index in [0.717, 1.165) is 77.4 Å². The lowest BCUT2D eigenvalue weighted by Gasteiger charge is -2.12. The molecule has 0 amide bonds. The van der Waals surface area contributed by atoms with Crippen molar-refractivity contribution in [1.29, 1.82) is 0 Å². The van der Waals surface area contributed by atoms with Crippen molar-refractivity contribution in [1.82, 2.24) is 18.3 Å². The van der Waals surface area contributed by atoms with Gasteiger partial charge in [-0.1, -0.05) is 255 Å². The van der Waals surface area contributed by atoms with Gasteiger partial charge in [0, 0.05) is 81.4 Å². The van der Waals surface area contributed by atoms with Gasteiger partial charge in [-0.25, -0.2) is 0 Å². The summed E-state index contributed by atoms with van der Waals surface area (Å²) in [6.07, 6.45) is 0. The van der Waals surface area contributed by atoms with Crippen molar-refractivity contribution in [2.75, 3.05) is 0 Å². The second-order valence-corrected chi connectivity index (χ2v) is 29.0. The van der Waals surface area contributed by atoms with E-state index < -0.39 is 0 Å². The lowest BCUT2D eigenvalue weighted by Crippen LogP contribution is -1.95. The number of aromatic nitrogens is 4. The average molecular weight is 1400 g/mol. The molecule has 110 heavy (non-hydrogen) atoms. The van der Waals surface area contributed by atoms with Gasteiger partial charge >= 0.3 is 0 Å². The van der Waals surface area contributed by atoms with Gasteiger partial charge in [-0.2, -0.15) is 0 Å². The Balaban J connectivity index is 0.000000132. The summed E-state index contributed by atoms with van der Waals surface area (Å²) in [5.41, 5.74) is 27.2. The standard InChI is InChI=1S/2C52H32N2O/c1-2-12-33(13-3-1)35-16-10-17-38(30-35)53-46-21-8-6-19-40(46)43-31-36(24-27-47(43)53)37-25-28-48-44(32-37)51-49(29-26-42-41-20-7-9-23-50(41)55-52(42)51)54(48)45-22-11-15-34-14-4-5-18-39(34)45;1-2-12-33(13-3-1)35-16-10-17-38(30-35)53-45-21-8-6-19-40(45)42-31-36(24-26-46(42)53)37-25-27-47-43(32-37)51-48(28-29-50-52(51)41-20-7-9-23-49(41)55-50)54(47)44-22-11-15-34-14-4-5-18-39(34)44/h2*1-32H. The van der Waals surface area contributed by atoms with Crippen LogP contribution in [0, 0.1) is 0 Å². The summed E-state index contributed by atoms with van der Waals surface area (Å²) < 4.78 is 22.9. The number of hydrogen-bond donors (Lipinski definition) is 0. The molecule has 6 heterocycles.